The van der Waals surface area contributed by atoms with Gasteiger partial charge in [-0.1, -0.05) is 0 Å². The molecule has 0 aliphatic rings. The molecule has 1 heterocycles. The second-order valence-electron chi connectivity index (χ2n) is 8.39. The normalized spacial score (nSPS) is 12.4. The lowest BCUT2D eigenvalue weighted by molar-refractivity contribution is -0.148. The Bertz CT molecular complexity index is 1310. The van der Waals surface area contributed by atoms with Gasteiger partial charge in [0.05, 0.1) is 17.8 Å². The van der Waals surface area contributed by atoms with Crippen LogP contribution in [0, 0.1) is 5.82 Å². The van der Waals surface area contributed by atoms with E-state index in [2.05, 4.69) is 10.6 Å². The Kier molecular flexibility index (Phi) is 9.39. The fourth-order valence-electron chi connectivity index (χ4n) is 3.74. The van der Waals surface area contributed by atoms with Crippen molar-refractivity contribution in [3.63, 3.8) is 0 Å². The summed E-state index contributed by atoms with van der Waals surface area (Å²) in [6.45, 7) is 1.90. The molecule has 13 heteroatoms. The molecular formula is C25H26F4N4O4S. The van der Waals surface area contributed by atoms with Crippen LogP contribution in [0.4, 0.5) is 33.7 Å². The quantitative estimate of drug-likeness (QED) is 0.193. The van der Waals surface area contributed by atoms with Gasteiger partial charge >= 0.3 is 17.5 Å². The van der Waals surface area contributed by atoms with E-state index in [9.17, 15) is 31.9 Å². The van der Waals surface area contributed by atoms with Crippen LogP contribution in [0.5, 0.6) is 0 Å². The number of anilines is 2. The van der Waals surface area contributed by atoms with Gasteiger partial charge in [0.2, 0.25) is 5.91 Å². The zero-order valence-corrected chi connectivity index (χ0v) is 21.6. The molecule has 2 amide bonds. The number of likely N-dealkylation sites (N-methyl/N-ethyl adjacent to an activating group) is 1. The van der Waals surface area contributed by atoms with Crippen molar-refractivity contribution in [3.05, 3.63) is 54.5 Å². The first-order chi connectivity index (χ1) is 17.9. The lowest BCUT2D eigenvalue weighted by atomic mass is 10.1. The molecule has 0 bridgehead atoms. The lowest BCUT2D eigenvalue weighted by Crippen LogP contribution is -2.37. The second kappa shape index (κ2) is 12.3. The van der Waals surface area contributed by atoms with Gasteiger partial charge in [0.1, 0.15) is 11.9 Å². The molecule has 3 aromatic rings. The maximum Gasteiger partial charge on any atom is 0.446 e. The van der Waals surface area contributed by atoms with Crippen LogP contribution in [0.15, 0.2) is 53.6 Å². The van der Waals surface area contributed by atoms with Gasteiger partial charge in [-0.2, -0.15) is 13.2 Å². The van der Waals surface area contributed by atoms with Gasteiger partial charge in [-0.15, -0.1) is 0 Å². The zero-order valence-electron chi connectivity index (χ0n) is 20.8. The molecule has 204 valence electrons. The van der Waals surface area contributed by atoms with Gasteiger partial charge in [0.15, 0.2) is 0 Å². The number of halogens is 4. The van der Waals surface area contributed by atoms with Crippen LogP contribution in [-0.4, -0.2) is 59.6 Å². The second-order valence-corrected chi connectivity index (χ2v) is 9.53. The number of hydrogen-bond donors (Lipinski definition) is 2. The van der Waals surface area contributed by atoms with E-state index in [-0.39, 0.29) is 58.8 Å². The number of carbonyl (C=O) groups is 3. The van der Waals surface area contributed by atoms with Crippen molar-refractivity contribution in [2.75, 3.05) is 31.3 Å². The molecule has 2 aromatic carbocycles. The lowest BCUT2D eigenvalue weighted by Gasteiger charge is -2.22. The topological polar surface area (TPSA) is 92.7 Å². The number of rotatable bonds is 9. The summed E-state index contributed by atoms with van der Waals surface area (Å²) in [5, 5.41) is 5.30. The molecule has 38 heavy (non-hydrogen) atoms. The molecule has 1 unspecified atom stereocenters. The van der Waals surface area contributed by atoms with E-state index in [1.54, 1.807) is 25.9 Å². The molecule has 0 aliphatic heterocycles. The van der Waals surface area contributed by atoms with Gasteiger partial charge < -0.3 is 15.4 Å². The minimum absolute atomic E-state index is 0.0310. The molecule has 0 saturated carbocycles. The first-order valence-electron chi connectivity index (χ1n) is 11.5. The van der Waals surface area contributed by atoms with Crippen molar-refractivity contribution < 1.29 is 36.7 Å². The third kappa shape index (κ3) is 7.71. The summed E-state index contributed by atoms with van der Waals surface area (Å²) < 4.78 is 57.9. The highest BCUT2D eigenvalue weighted by Gasteiger charge is 2.29. The molecule has 0 radical (unpaired) electrons. The smallest absolute Gasteiger partial charge is 0.446 e. The molecule has 0 spiro atoms. The molecule has 0 fully saturated rings. The Labute approximate surface area is 220 Å². The minimum Gasteiger partial charge on any atom is -0.465 e. The van der Waals surface area contributed by atoms with Crippen LogP contribution >= 0.6 is 11.8 Å². The maximum absolute atomic E-state index is 14.0. The SMILES string of the molecule is CCOC(=O)C(CCC(=O)n1cc(NC(=O)Nc2ccc(SC(F)(F)F)cc2)c2cc(F)ccc21)N(C)C. The van der Waals surface area contributed by atoms with Crippen LogP contribution in [0.2, 0.25) is 0 Å². The van der Waals surface area contributed by atoms with Crippen molar-refractivity contribution >= 4 is 51.9 Å². The van der Waals surface area contributed by atoms with Crippen molar-refractivity contribution in [2.45, 2.75) is 36.2 Å². The number of aromatic nitrogens is 1. The highest BCUT2D eigenvalue weighted by Crippen LogP contribution is 2.37. The predicted molar refractivity (Wildman–Crippen MR) is 137 cm³/mol. The third-order valence-electron chi connectivity index (χ3n) is 5.44. The molecule has 8 nitrogen and oxygen atoms in total. The van der Waals surface area contributed by atoms with Gasteiger partial charge in [0, 0.05) is 28.6 Å². The first kappa shape index (κ1) is 29.0. The maximum atomic E-state index is 14.0. The number of amides is 2. The summed E-state index contributed by atoms with van der Waals surface area (Å²) in [6.07, 6.45) is 1.50. The highest BCUT2D eigenvalue weighted by atomic mass is 32.2. The Balaban J connectivity index is 1.76. The van der Waals surface area contributed by atoms with Gasteiger partial charge in [-0.25, -0.2) is 9.18 Å². The van der Waals surface area contributed by atoms with E-state index in [4.69, 9.17) is 4.74 Å². The average Bonchev–Trinajstić information content (AvgIpc) is 3.16. The summed E-state index contributed by atoms with van der Waals surface area (Å²) in [5.74, 6) is -1.42. The summed E-state index contributed by atoms with van der Waals surface area (Å²) in [6, 6.07) is 7.41. The highest BCUT2D eigenvalue weighted by molar-refractivity contribution is 8.00. The number of nitrogens with one attached hydrogen (secondary N) is 2. The molecule has 0 saturated heterocycles. The standard InChI is InChI=1S/C25H26F4N4O4S/c1-4-37-23(35)21(32(2)3)11-12-22(34)33-14-19(18-13-15(26)5-10-20(18)33)31-24(36)30-16-6-8-17(9-7-16)38-25(27,28)29/h5-10,13-14,21H,4,11-12H2,1-3H3,(H2,30,31,36). The number of alkyl halides is 3. The van der Waals surface area contributed by atoms with Crippen LogP contribution < -0.4 is 10.6 Å². The first-order valence-corrected chi connectivity index (χ1v) is 12.3. The average molecular weight is 555 g/mol. The van der Waals surface area contributed by atoms with Gasteiger partial charge in [-0.05, 0) is 81.7 Å². The van der Waals surface area contributed by atoms with Crippen LogP contribution in [0.3, 0.4) is 0 Å². The molecule has 0 aliphatic carbocycles. The summed E-state index contributed by atoms with van der Waals surface area (Å²) in [4.78, 5) is 39.5. The largest absolute Gasteiger partial charge is 0.465 e. The van der Waals surface area contributed by atoms with E-state index >= 15 is 0 Å². The molecule has 1 atom stereocenters. The van der Waals surface area contributed by atoms with E-state index < -0.39 is 29.4 Å². The number of benzene rings is 2. The van der Waals surface area contributed by atoms with Crippen LogP contribution in [0.25, 0.3) is 10.9 Å². The van der Waals surface area contributed by atoms with Gasteiger partial charge in [-0.3, -0.25) is 19.1 Å². The number of fused-ring (bicyclic) bond motifs is 1. The number of esters is 1. The van der Waals surface area contributed by atoms with Crippen LogP contribution in [0.1, 0.15) is 24.6 Å². The number of ether oxygens (including phenoxy) is 1. The fourth-order valence-corrected chi connectivity index (χ4v) is 4.28. The van der Waals surface area contributed by atoms with Crippen LogP contribution in [-0.2, 0) is 9.53 Å². The molecular weight excluding hydrogens is 528 g/mol. The molecule has 2 N–H and O–H groups in total. The Hall–Kier alpha value is -3.58. The fraction of sp³-hybridized carbons (Fsp3) is 0.320. The monoisotopic (exact) mass is 554 g/mol. The van der Waals surface area contributed by atoms with E-state index in [0.29, 0.717) is 5.52 Å². The Morgan fingerprint density at radius 1 is 1.08 bits per heavy atom. The number of nitrogens with zero attached hydrogens (tertiary/aromatic N) is 2. The summed E-state index contributed by atoms with van der Waals surface area (Å²) in [5.41, 5.74) is -3.71. The summed E-state index contributed by atoms with van der Waals surface area (Å²) in [7, 11) is 3.40. The number of urea groups is 1. The predicted octanol–water partition coefficient (Wildman–Crippen LogP) is 5.95. The Morgan fingerprint density at radius 2 is 1.76 bits per heavy atom. The molecule has 3 rings (SSSR count). The third-order valence-corrected chi connectivity index (χ3v) is 6.18. The van der Waals surface area contributed by atoms with E-state index in [0.717, 1.165) is 0 Å². The molecule has 1 aromatic heterocycles. The minimum atomic E-state index is -4.43. The summed E-state index contributed by atoms with van der Waals surface area (Å²) >= 11 is -0.277. The van der Waals surface area contributed by atoms with Crippen molar-refractivity contribution in [3.8, 4) is 0 Å². The van der Waals surface area contributed by atoms with E-state index in [1.807, 2.05) is 0 Å². The zero-order chi connectivity index (χ0) is 28.0. The Morgan fingerprint density at radius 3 is 2.37 bits per heavy atom. The number of thioether (sulfide) groups is 1. The van der Waals surface area contributed by atoms with Crippen molar-refractivity contribution in [1.82, 2.24) is 9.47 Å². The van der Waals surface area contributed by atoms with Crippen molar-refractivity contribution in [1.29, 1.82) is 0 Å². The van der Waals surface area contributed by atoms with E-state index in [1.165, 1.54) is 53.2 Å². The number of carbonyl (C=O) groups excluding carboxylic acids is 3. The number of hydrogen-bond acceptors (Lipinski definition) is 6. The van der Waals surface area contributed by atoms with Crippen molar-refractivity contribution in [2.24, 2.45) is 0 Å². The van der Waals surface area contributed by atoms with Gasteiger partial charge in [0.25, 0.3) is 0 Å².